The van der Waals surface area contributed by atoms with Crippen LogP contribution in [-0.4, -0.2) is 14.8 Å². The number of nitrogens with two attached hydrogens (primary N) is 1. The van der Waals surface area contributed by atoms with Crippen molar-refractivity contribution in [3.8, 4) is 0 Å². The average Bonchev–Trinajstić information content (AvgIpc) is 2.59. The predicted octanol–water partition coefficient (Wildman–Crippen LogP) is 1.89. The molecule has 1 aromatic heterocycles. The molecule has 0 spiro atoms. The summed E-state index contributed by atoms with van der Waals surface area (Å²) in [7, 11) is 0. The summed E-state index contributed by atoms with van der Waals surface area (Å²) in [5.41, 5.74) is 6.21. The van der Waals surface area contributed by atoms with Crippen molar-refractivity contribution >= 4 is 17.4 Å². The smallest absolute Gasteiger partial charge is 0.344 e. The van der Waals surface area contributed by atoms with Crippen molar-refractivity contribution in [1.82, 2.24) is 14.8 Å². The third-order valence-corrected chi connectivity index (χ3v) is 3.22. The Bertz CT molecular complexity index is 573. The quantitative estimate of drug-likeness (QED) is 0.815. The number of hydrogen-bond donors (Lipinski definition) is 2. The van der Waals surface area contributed by atoms with E-state index >= 15 is 0 Å². The van der Waals surface area contributed by atoms with E-state index in [1.54, 1.807) is 4.57 Å². The van der Waals surface area contributed by atoms with Crippen molar-refractivity contribution in [3.63, 3.8) is 0 Å². The number of aromatic nitrogens is 3. The van der Waals surface area contributed by atoms with Crippen LogP contribution in [0.3, 0.4) is 0 Å². The molecule has 0 bridgehead atoms. The molecule has 0 aliphatic carbocycles. The van der Waals surface area contributed by atoms with Crippen LogP contribution in [0.25, 0.3) is 0 Å². The van der Waals surface area contributed by atoms with Crippen molar-refractivity contribution in [2.24, 2.45) is 0 Å². The Morgan fingerprint density at radius 2 is 2.24 bits per heavy atom. The number of H-pyrrole nitrogens is 1. The lowest BCUT2D eigenvalue weighted by Gasteiger charge is -2.08. The Labute approximate surface area is 103 Å². The molecule has 2 aromatic rings. The van der Waals surface area contributed by atoms with Crippen molar-refractivity contribution in [2.45, 2.75) is 29.9 Å². The summed E-state index contributed by atoms with van der Waals surface area (Å²) in [4.78, 5) is 12.5. The van der Waals surface area contributed by atoms with E-state index in [4.69, 9.17) is 5.73 Å². The third-order valence-electron chi connectivity index (χ3n) is 2.26. The maximum atomic E-state index is 11.5. The highest BCUT2D eigenvalue weighted by molar-refractivity contribution is 7.99. The Morgan fingerprint density at radius 3 is 2.88 bits per heavy atom. The molecule has 0 saturated carbocycles. The Morgan fingerprint density at radius 1 is 1.47 bits per heavy atom. The summed E-state index contributed by atoms with van der Waals surface area (Å²) < 4.78 is 1.62. The summed E-state index contributed by atoms with van der Waals surface area (Å²) in [6.07, 6.45) is 0. The van der Waals surface area contributed by atoms with E-state index in [-0.39, 0.29) is 11.7 Å². The zero-order valence-electron chi connectivity index (χ0n) is 9.68. The highest BCUT2D eigenvalue weighted by atomic mass is 32.2. The van der Waals surface area contributed by atoms with Crippen LogP contribution in [0.1, 0.15) is 19.9 Å². The second kappa shape index (κ2) is 4.67. The number of nitrogen functional groups attached to an aromatic ring is 1. The van der Waals surface area contributed by atoms with Crippen LogP contribution in [0.15, 0.2) is 39.1 Å². The molecule has 0 radical (unpaired) electrons. The minimum atomic E-state index is -0.189. The first-order valence-electron chi connectivity index (χ1n) is 5.28. The zero-order chi connectivity index (χ0) is 12.4. The van der Waals surface area contributed by atoms with Gasteiger partial charge in [-0.1, -0.05) is 6.07 Å². The highest BCUT2D eigenvalue weighted by Gasteiger charge is 2.12. The number of benzene rings is 1. The number of aromatic amines is 1. The van der Waals surface area contributed by atoms with Gasteiger partial charge in [-0.15, -0.1) is 5.10 Å². The Hall–Kier alpha value is -1.69. The number of hydrogen-bond acceptors (Lipinski definition) is 4. The minimum Gasteiger partial charge on any atom is -0.399 e. The van der Waals surface area contributed by atoms with Crippen LogP contribution in [-0.2, 0) is 0 Å². The molecule has 90 valence electrons. The second-order valence-electron chi connectivity index (χ2n) is 3.95. The molecular weight excluding hydrogens is 236 g/mol. The van der Waals surface area contributed by atoms with E-state index in [1.807, 2.05) is 38.1 Å². The van der Waals surface area contributed by atoms with Gasteiger partial charge in [0.25, 0.3) is 0 Å². The molecule has 0 aliphatic heterocycles. The molecule has 0 aliphatic rings. The van der Waals surface area contributed by atoms with E-state index in [0.717, 1.165) is 4.90 Å². The van der Waals surface area contributed by atoms with Crippen LogP contribution in [0.5, 0.6) is 0 Å². The molecule has 3 N–H and O–H groups in total. The van der Waals surface area contributed by atoms with Gasteiger partial charge in [0.15, 0.2) is 5.16 Å². The van der Waals surface area contributed by atoms with Gasteiger partial charge < -0.3 is 5.73 Å². The number of nitrogens with one attached hydrogen (secondary N) is 1. The topological polar surface area (TPSA) is 76.7 Å². The lowest BCUT2D eigenvalue weighted by molar-refractivity contribution is 0.534. The van der Waals surface area contributed by atoms with Crippen LogP contribution in [0.4, 0.5) is 5.69 Å². The molecule has 0 atom stereocenters. The maximum absolute atomic E-state index is 11.5. The van der Waals surface area contributed by atoms with Gasteiger partial charge in [0.2, 0.25) is 0 Å². The molecule has 2 rings (SSSR count). The minimum absolute atomic E-state index is 0.0739. The number of rotatable bonds is 3. The molecule has 0 fully saturated rings. The summed E-state index contributed by atoms with van der Waals surface area (Å²) >= 11 is 1.42. The van der Waals surface area contributed by atoms with Crippen molar-refractivity contribution in [2.75, 3.05) is 5.73 Å². The second-order valence-corrected chi connectivity index (χ2v) is 4.99. The van der Waals surface area contributed by atoms with Gasteiger partial charge in [0.05, 0.1) is 0 Å². The highest BCUT2D eigenvalue weighted by Crippen LogP contribution is 2.27. The molecule has 1 heterocycles. The Balaban J connectivity index is 2.34. The van der Waals surface area contributed by atoms with E-state index < -0.39 is 0 Å². The first-order chi connectivity index (χ1) is 8.08. The van der Waals surface area contributed by atoms with E-state index in [1.165, 1.54) is 11.8 Å². The molecule has 0 amide bonds. The fourth-order valence-electron chi connectivity index (χ4n) is 1.50. The first-order valence-corrected chi connectivity index (χ1v) is 6.10. The van der Waals surface area contributed by atoms with E-state index in [2.05, 4.69) is 10.2 Å². The molecule has 6 heteroatoms. The fraction of sp³-hybridized carbons (Fsp3) is 0.273. The largest absolute Gasteiger partial charge is 0.399 e. The van der Waals surface area contributed by atoms with Gasteiger partial charge in [-0.25, -0.2) is 9.89 Å². The number of anilines is 1. The van der Waals surface area contributed by atoms with E-state index in [9.17, 15) is 4.79 Å². The maximum Gasteiger partial charge on any atom is 0.344 e. The Kier molecular flexibility index (Phi) is 3.23. The molecule has 1 aromatic carbocycles. The van der Waals surface area contributed by atoms with Crippen molar-refractivity contribution in [3.05, 3.63) is 34.7 Å². The van der Waals surface area contributed by atoms with Crippen molar-refractivity contribution < 1.29 is 0 Å². The van der Waals surface area contributed by atoms with Crippen LogP contribution in [0, 0.1) is 0 Å². The van der Waals surface area contributed by atoms with Gasteiger partial charge in [-0.2, -0.15) is 0 Å². The van der Waals surface area contributed by atoms with Gasteiger partial charge in [-0.3, -0.25) is 4.57 Å². The standard InChI is InChI=1S/C11H14N4OS/c1-7(2)15-10(16)13-14-11(15)17-9-5-3-4-8(12)6-9/h3-7H,12H2,1-2H3,(H,13,16). The monoisotopic (exact) mass is 250 g/mol. The van der Waals surface area contributed by atoms with Crippen LogP contribution >= 0.6 is 11.8 Å². The van der Waals surface area contributed by atoms with Gasteiger partial charge in [0, 0.05) is 16.6 Å². The lowest BCUT2D eigenvalue weighted by atomic mass is 10.3. The lowest BCUT2D eigenvalue weighted by Crippen LogP contribution is -2.19. The summed E-state index contributed by atoms with van der Waals surface area (Å²) in [6, 6.07) is 7.57. The third kappa shape index (κ3) is 2.52. The van der Waals surface area contributed by atoms with E-state index in [0.29, 0.717) is 10.8 Å². The molecule has 0 saturated heterocycles. The summed E-state index contributed by atoms with van der Waals surface area (Å²) in [6.45, 7) is 3.89. The SMILES string of the molecule is CC(C)n1c(Sc2cccc(N)c2)n[nH]c1=O. The zero-order valence-corrected chi connectivity index (χ0v) is 10.5. The summed E-state index contributed by atoms with van der Waals surface area (Å²) in [5.74, 6) is 0. The normalized spacial score (nSPS) is 11.0. The molecule has 5 nitrogen and oxygen atoms in total. The number of nitrogens with zero attached hydrogens (tertiary/aromatic N) is 2. The fourth-order valence-corrected chi connectivity index (χ4v) is 2.54. The molecule has 17 heavy (non-hydrogen) atoms. The molecular formula is C11H14N4OS. The molecule has 0 unspecified atom stereocenters. The average molecular weight is 250 g/mol. The van der Waals surface area contributed by atoms with Gasteiger partial charge >= 0.3 is 5.69 Å². The first kappa shape index (κ1) is 11.8. The summed E-state index contributed by atoms with van der Waals surface area (Å²) in [5, 5.41) is 7.12. The van der Waals surface area contributed by atoms with Crippen LogP contribution < -0.4 is 11.4 Å². The van der Waals surface area contributed by atoms with Crippen LogP contribution in [0.2, 0.25) is 0 Å². The van der Waals surface area contributed by atoms with Gasteiger partial charge in [0.1, 0.15) is 0 Å². The predicted molar refractivity (Wildman–Crippen MR) is 68.2 cm³/mol. The van der Waals surface area contributed by atoms with Gasteiger partial charge in [-0.05, 0) is 43.8 Å². The van der Waals surface area contributed by atoms with Crippen molar-refractivity contribution in [1.29, 1.82) is 0 Å².